The summed E-state index contributed by atoms with van der Waals surface area (Å²) in [6.07, 6.45) is 10.1. The van der Waals surface area contributed by atoms with Crippen LogP contribution in [0.25, 0.3) is 0 Å². The summed E-state index contributed by atoms with van der Waals surface area (Å²) in [6, 6.07) is 1.10. The van der Waals surface area contributed by atoms with Gasteiger partial charge in [-0.05, 0) is 39.0 Å². The third kappa shape index (κ3) is 3.93. The Bertz CT molecular complexity index is 251. The summed E-state index contributed by atoms with van der Waals surface area (Å²) < 4.78 is 11.3. The Morgan fingerprint density at radius 3 is 2.42 bits per heavy atom. The van der Waals surface area contributed by atoms with Gasteiger partial charge in [0.2, 0.25) is 0 Å². The number of ether oxygens (including phenoxy) is 2. The molecule has 112 valence electrons. The molecule has 2 aliphatic carbocycles. The lowest BCUT2D eigenvalue weighted by molar-refractivity contribution is -0.133. The zero-order chi connectivity index (χ0) is 13.7. The first kappa shape index (κ1) is 15.3. The molecule has 1 N–H and O–H groups in total. The number of methoxy groups -OCH3 is 1. The third-order valence-electron chi connectivity index (χ3n) is 4.99. The highest BCUT2D eigenvalue weighted by Gasteiger charge is 2.42. The van der Waals surface area contributed by atoms with Crippen LogP contribution in [0.4, 0.5) is 0 Å². The van der Waals surface area contributed by atoms with E-state index in [1.165, 1.54) is 38.5 Å². The average Bonchev–Trinajstić information content (AvgIpc) is 2.66. The van der Waals surface area contributed by atoms with Gasteiger partial charge >= 0.3 is 0 Å². The van der Waals surface area contributed by atoms with E-state index in [4.69, 9.17) is 9.47 Å². The first-order chi connectivity index (χ1) is 9.26. The van der Waals surface area contributed by atoms with E-state index in [9.17, 15) is 0 Å². The summed E-state index contributed by atoms with van der Waals surface area (Å²) >= 11 is 0. The Balaban J connectivity index is 1.77. The predicted octanol–water partition coefficient (Wildman–Crippen LogP) is 3.13. The Morgan fingerprint density at radius 2 is 1.84 bits per heavy atom. The molecule has 0 aromatic heterocycles. The molecule has 3 unspecified atom stereocenters. The average molecular weight is 269 g/mol. The molecule has 0 bridgehead atoms. The second-order valence-electron chi connectivity index (χ2n) is 6.24. The van der Waals surface area contributed by atoms with Gasteiger partial charge in [0, 0.05) is 25.8 Å². The number of rotatable bonds is 6. The second kappa shape index (κ2) is 7.61. The first-order valence-corrected chi connectivity index (χ1v) is 8.16. The van der Waals surface area contributed by atoms with E-state index in [0.29, 0.717) is 18.2 Å². The van der Waals surface area contributed by atoms with Gasteiger partial charge in [-0.25, -0.2) is 0 Å². The molecule has 0 aromatic carbocycles. The van der Waals surface area contributed by atoms with Gasteiger partial charge in [0.05, 0.1) is 12.2 Å². The van der Waals surface area contributed by atoms with Gasteiger partial charge in [-0.3, -0.25) is 0 Å². The largest absolute Gasteiger partial charge is 0.377 e. The molecule has 0 spiro atoms. The van der Waals surface area contributed by atoms with Gasteiger partial charge in [-0.2, -0.15) is 0 Å². The van der Waals surface area contributed by atoms with Crippen LogP contribution in [0.1, 0.15) is 58.8 Å². The molecule has 0 aromatic rings. The Labute approximate surface area is 118 Å². The van der Waals surface area contributed by atoms with Crippen LogP contribution in [-0.2, 0) is 9.47 Å². The molecule has 4 atom stereocenters. The lowest BCUT2D eigenvalue weighted by Gasteiger charge is -2.45. The Morgan fingerprint density at radius 1 is 1.16 bits per heavy atom. The predicted molar refractivity (Wildman–Crippen MR) is 78.4 cm³/mol. The maximum atomic E-state index is 5.69. The molecule has 0 radical (unpaired) electrons. The highest BCUT2D eigenvalue weighted by atomic mass is 16.5. The van der Waals surface area contributed by atoms with Crippen molar-refractivity contribution in [2.75, 3.05) is 13.7 Å². The van der Waals surface area contributed by atoms with Crippen molar-refractivity contribution in [3.8, 4) is 0 Å². The van der Waals surface area contributed by atoms with Crippen molar-refractivity contribution in [2.45, 2.75) is 83.1 Å². The molecule has 2 rings (SSSR count). The highest BCUT2D eigenvalue weighted by Crippen LogP contribution is 2.30. The minimum absolute atomic E-state index is 0.244. The first-order valence-electron chi connectivity index (χ1n) is 8.16. The normalized spacial score (nSPS) is 34.6. The summed E-state index contributed by atoms with van der Waals surface area (Å²) in [6.45, 7) is 5.20. The van der Waals surface area contributed by atoms with E-state index in [1.807, 2.05) is 0 Å². The smallest absolute Gasteiger partial charge is 0.0986 e. The van der Waals surface area contributed by atoms with Crippen molar-refractivity contribution >= 4 is 0 Å². The van der Waals surface area contributed by atoms with E-state index in [2.05, 4.69) is 19.2 Å². The van der Waals surface area contributed by atoms with Gasteiger partial charge in [-0.15, -0.1) is 0 Å². The fraction of sp³-hybridized carbons (Fsp3) is 1.00. The van der Waals surface area contributed by atoms with Crippen LogP contribution in [-0.4, -0.2) is 38.0 Å². The number of nitrogens with one attached hydrogen (secondary N) is 1. The Hall–Kier alpha value is -0.120. The number of hydrogen-bond acceptors (Lipinski definition) is 3. The van der Waals surface area contributed by atoms with Crippen molar-refractivity contribution in [3.63, 3.8) is 0 Å². The van der Waals surface area contributed by atoms with Crippen LogP contribution in [0.3, 0.4) is 0 Å². The van der Waals surface area contributed by atoms with E-state index in [0.717, 1.165) is 18.9 Å². The minimum Gasteiger partial charge on any atom is -0.377 e. The zero-order valence-corrected chi connectivity index (χ0v) is 12.9. The van der Waals surface area contributed by atoms with Crippen LogP contribution in [0.5, 0.6) is 0 Å². The number of hydrogen-bond donors (Lipinski definition) is 1. The summed E-state index contributed by atoms with van der Waals surface area (Å²) in [5.74, 6) is 0.853. The molecule has 2 aliphatic rings. The zero-order valence-electron chi connectivity index (χ0n) is 12.9. The van der Waals surface area contributed by atoms with Crippen molar-refractivity contribution in [1.82, 2.24) is 5.32 Å². The molecule has 2 saturated carbocycles. The van der Waals surface area contributed by atoms with Crippen molar-refractivity contribution in [3.05, 3.63) is 0 Å². The maximum Gasteiger partial charge on any atom is 0.0986 e. The van der Waals surface area contributed by atoms with Gasteiger partial charge in [0.15, 0.2) is 0 Å². The third-order valence-corrected chi connectivity index (χ3v) is 4.99. The molecule has 0 aliphatic heterocycles. The summed E-state index contributed by atoms with van der Waals surface area (Å²) in [4.78, 5) is 0. The molecular formula is C16H31NO2. The Kier molecular flexibility index (Phi) is 6.11. The van der Waals surface area contributed by atoms with Crippen LogP contribution in [0.15, 0.2) is 0 Å². The minimum atomic E-state index is 0.244. The van der Waals surface area contributed by atoms with E-state index < -0.39 is 0 Å². The van der Waals surface area contributed by atoms with E-state index >= 15 is 0 Å². The van der Waals surface area contributed by atoms with Crippen molar-refractivity contribution < 1.29 is 9.47 Å². The topological polar surface area (TPSA) is 30.5 Å². The fourth-order valence-electron chi connectivity index (χ4n) is 3.72. The van der Waals surface area contributed by atoms with E-state index in [-0.39, 0.29) is 6.10 Å². The van der Waals surface area contributed by atoms with Crippen LogP contribution >= 0.6 is 0 Å². The summed E-state index contributed by atoms with van der Waals surface area (Å²) in [7, 11) is 1.81. The lowest BCUT2D eigenvalue weighted by Crippen LogP contribution is -2.62. The molecule has 0 heterocycles. The van der Waals surface area contributed by atoms with Gasteiger partial charge in [0.1, 0.15) is 0 Å². The van der Waals surface area contributed by atoms with Gasteiger partial charge in [0.25, 0.3) is 0 Å². The SMILES string of the molecule is CCOC1CC(N[C@H](C)C2CCCCCC2)C1OC. The lowest BCUT2D eigenvalue weighted by atomic mass is 9.83. The molecule has 3 nitrogen and oxygen atoms in total. The highest BCUT2D eigenvalue weighted by molar-refractivity contribution is 4.98. The van der Waals surface area contributed by atoms with Crippen LogP contribution in [0, 0.1) is 5.92 Å². The van der Waals surface area contributed by atoms with Crippen LogP contribution < -0.4 is 5.32 Å². The van der Waals surface area contributed by atoms with E-state index in [1.54, 1.807) is 7.11 Å². The van der Waals surface area contributed by atoms with Crippen molar-refractivity contribution in [2.24, 2.45) is 5.92 Å². The fourth-order valence-corrected chi connectivity index (χ4v) is 3.72. The molecule has 3 heteroatoms. The standard InChI is InChI=1S/C16H31NO2/c1-4-19-15-11-14(16(15)18-3)17-12(2)13-9-7-5-6-8-10-13/h12-17H,4-11H2,1-3H3/t12-,14?,15?,16?/m1/s1. The summed E-state index contributed by atoms with van der Waals surface area (Å²) in [5, 5.41) is 3.80. The van der Waals surface area contributed by atoms with Gasteiger partial charge in [-0.1, -0.05) is 25.7 Å². The summed E-state index contributed by atoms with van der Waals surface area (Å²) in [5.41, 5.74) is 0. The molecular weight excluding hydrogens is 238 g/mol. The quantitative estimate of drug-likeness (QED) is 0.752. The molecule has 0 saturated heterocycles. The maximum absolute atomic E-state index is 5.69. The second-order valence-corrected chi connectivity index (χ2v) is 6.24. The van der Waals surface area contributed by atoms with Crippen LogP contribution in [0.2, 0.25) is 0 Å². The molecule has 0 amide bonds. The molecule has 19 heavy (non-hydrogen) atoms. The molecule has 2 fully saturated rings. The monoisotopic (exact) mass is 269 g/mol. The van der Waals surface area contributed by atoms with Gasteiger partial charge < -0.3 is 14.8 Å². The van der Waals surface area contributed by atoms with Crippen molar-refractivity contribution in [1.29, 1.82) is 0 Å².